The van der Waals surface area contributed by atoms with Gasteiger partial charge in [0.25, 0.3) is 5.91 Å². The molecule has 0 saturated carbocycles. The van der Waals surface area contributed by atoms with E-state index in [2.05, 4.69) is 0 Å². The van der Waals surface area contributed by atoms with Gasteiger partial charge in [-0.1, -0.05) is 35.9 Å². The number of aliphatic carboxylic acids is 1. The molecule has 1 fully saturated rings. The lowest BCUT2D eigenvalue weighted by atomic mass is 9.89. The molecule has 0 unspecified atom stereocenters. The maximum atomic E-state index is 13.4. The molecule has 5 rings (SSSR count). The van der Waals surface area contributed by atoms with Gasteiger partial charge in [0.05, 0.1) is 22.4 Å². The number of amides is 1. The van der Waals surface area contributed by atoms with Gasteiger partial charge >= 0.3 is 5.97 Å². The zero-order valence-corrected chi connectivity index (χ0v) is 22.2. The van der Waals surface area contributed by atoms with Crippen LogP contribution in [-0.2, 0) is 11.2 Å². The predicted molar refractivity (Wildman–Crippen MR) is 149 cm³/mol. The molecule has 200 valence electrons. The quantitative estimate of drug-likeness (QED) is 0.243. The molecule has 1 aliphatic heterocycles. The number of hydrogen-bond donors (Lipinski definition) is 1. The molecule has 1 saturated heterocycles. The van der Waals surface area contributed by atoms with Gasteiger partial charge in [0.1, 0.15) is 5.82 Å². The molecule has 0 aliphatic carbocycles. The highest BCUT2D eigenvalue weighted by atomic mass is 35.5. The fourth-order valence-corrected chi connectivity index (χ4v) is 5.27. The van der Waals surface area contributed by atoms with Gasteiger partial charge in [-0.2, -0.15) is 0 Å². The summed E-state index contributed by atoms with van der Waals surface area (Å²) in [5.41, 5.74) is 5.36. The lowest BCUT2D eigenvalue weighted by Crippen LogP contribution is -2.37. The molecular weight excluding hydrogens is 517 g/mol. The van der Waals surface area contributed by atoms with E-state index >= 15 is 0 Å². The van der Waals surface area contributed by atoms with Crippen LogP contribution >= 0.6 is 11.6 Å². The van der Waals surface area contributed by atoms with E-state index in [0.717, 1.165) is 35.4 Å². The topological polar surface area (TPSA) is 83.4 Å². The number of benzene rings is 3. The summed E-state index contributed by atoms with van der Waals surface area (Å²) in [5, 5.41) is 9.62. The lowest BCUT2D eigenvalue weighted by molar-refractivity contribution is -0.137. The third-order valence-electron chi connectivity index (χ3n) is 7.28. The van der Waals surface area contributed by atoms with Gasteiger partial charge in [-0.3, -0.25) is 9.59 Å². The normalized spacial score (nSPS) is 14.1. The van der Waals surface area contributed by atoms with Crippen molar-refractivity contribution >= 4 is 34.5 Å². The lowest BCUT2D eigenvalue weighted by Gasteiger charge is -2.32. The van der Waals surface area contributed by atoms with E-state index in [-0.39, 0.29) is 18.1 Å². The number of rotatable bonds is 8. The van der Waals surface area contributed by atoms with Crippen molar-refractivity contribution in [1.82, 2.24) is 14.9 Å². The summed E-state index contributed by atoms with van der Waals surface area (Å²) in [6.07, 6.45) is 3.54. The van der Waals surface area contributed by atoms with E-state index in [4.69, 9.17) is 26.7 Å². The van der Waals surface area contributed by atoms with E-state index < -0.39 is 5.97 Å². The summed E-state index contributed by atoms with van der Waals surface area (Å²) in [6, 6.07) is 19.5. The fraction of sp³-hybridized carbons (Fsp3) is 0.290. The van der Waals surface area contributed by atoms with Gasteiger partial charge in [0.15, 0.2) is 0 Å². The summed E-state index contributed by atoms with van der Waals surface area (Å²) in [4.78, 5) is 36.0. The Morgan fingerprint density at radius 1 is 0.923 bits per heavy atom. The van der Waals surface area contributed by atoms with Crippen molar-refractivity contribution < 1.29 is 19.1 Å². The molecule has 3 aromatic carbocycles. The minimum atomic E-state index is -0.817. The largest absolute Gasteiger partial charge is 0.481 e. The van der Waals surface area contributed by atoms with Gasteiger partial charge < -0.3 is 10.0 Å². The number of carboxylic acid groups (broad SMARTS) is 1. The smallest absolute Gasteiger partial charge is 0.303 e. The second kappa shape index (κ2) is 11.9. The Morgan fingerprint density at radius 2 is 1.64 bits per heavy atom. The number of unbranched alkanes of at least 4 members (excludes halogenated alkanes) is 1. The van der Waals surface area contributed by atoms with Crippen LogP contribution in [0.5, 0.6) is 0 Å². The van der Waals surface area contributed by atoms with Gasteiger partial charge in [0, 0.05) is 35.7 Å². The van der Waals surface area contributed by atoms with Crippen LogP contribution in [0.1, 0.15) is 59.6 Å². The highest BCUT2D eigenvalue weighted by Crippen LogP contribution is 2.30. The van der Waals surface area contributed by atoms with Crippen LogP contribution in [0.2, 0.25) is 5.02 Å². The average molecular weight is 546 g/mol. The molecule has 1 aliphatic rings. The van der Waals surface area contributed by atoms with Crippen molar-refractivity contribution in [2.24, 2.45) is 0 Å². The van der Waals surface area contributed by atoms with Crippen LogP contribution in [0.4, 0.5) is 4.39 Å². The summed E-state index contributed by atoms with van der Waals surface area (Å²) in [6.45, 7) is 1.27. The first-order chi connectivity index (χ1) is 18.9. The van der Waals surface area contributed by atoms with E-state index in [1.165, 1.54) is 12.1 Å². The first-order valence-corrected chi connectivity index (χ1v) is 13.6. The SMILES string of the molecule is O=C(O)CCCCc1nc2cc(C(=O)N3CCC(c4ccc(F)cc4)CC3)ccc2nc1-c1ccc(Cl)cc1. The maximum Gasteiger partial charge on any atom is 0.303 e. The molecule has 4 aromatic rings. The highest BCUT2D eigenvalue weighted by Gasteiger charge is 2.25. The molecule has 1 aromatic heterocycles. The molecule has 0 spiro atoms. The predicted octanol–water partition coefficient (Wildman–Crippen LogP) is 6.91. The monoisotopic (exact) mass is 545 g/mol. The zero-order chi connectivity index (χ0) is 27.4. The van der Waals surface area contributed by atoms with Crippen molar-refractivity contribution in [3.63, 3.8) is 0 Å². The fourth-order valence-electron chi connectivity index (χ4n) is 5.14. The second-order valence-electron chi connectivity index (χ2n) is 9.95. The number of fused-ring (bicyclic) bond motifs is 1. The summed E-state index contributed by atoms with van der Waals surface area (Å²) >= 11 is 6.08. The van der Waals surface area contributed by atoms with Gasteiger partial charge in [-0.15, -0.1) is 0 Å². The van der Waals surface area contributed by atoms with Crippen molar-refractivity contribution in [3.05, 3.63) is 94.4 Å². The van der Waals surface area contributed by atoms with E-state index in [1.54, 1.807) is 24.3 Å². The Kier molecular flexibility index (Phi) is 8.17. The van der Waals surface area contributed by atoms with E-state index in [0.29, 0.717) is 59.9 Å². The van der Waals surface area contributed by atoms with Crippen molar-refractivity contribution in [2.75, 3.05) is 13.1 Å². The number of carbonyl (C=O) groups is 2. The van der Waals surface area contributed by atoms with Crippen LogP contribution in [0, 0.1) is 5.82 Å². The number of piperidine rings is 1. The molecule has 0 radical (unpaired) electrons. The molecule has 8 heteroatoms. The van der Waals surface area contributed by atoms with Crippen molar-refractivity contribution in [1.29, 1.82) is 0 Å². The Bertz CT molecular complexity index is 1480. The average Bonchev–Trinajstić information content (AvgIpc) is 2.95. The van der Waals surface area contributed by atoms with Crippen molar-refractivity contribution in [2.45, 2.75) is 44.4 Å². The van der Waals surface area contributed by atoms with Crippen LogP contribution < -0.4 is 0 Å². The van der Waals surface area contributed by atoms with E-state index in [1.807, 2.05) is 35.2 Å². The molecule has 1 amide bonds. The van der Waals surface area contributed by atoms with Crippen LogP contribution in [0.15, 0.2) is 66.7 Å². The number of hydrogen-bond acceptors (Lipinski definition) is 4. The van der Waals surface area contributed by atoms with E-state index in [9.17, 15) is 14.0 Å². The first kappa shape index (κ1) is 26.8. The minimum absolute atomic E-state index is 0.0407. The van der Waals surface area contributed by atoms with Gasteiger partial charge in [-0.25, -0.2) is 14.4 Å². The molecule has 0 atom stereocenters. The number of halogens is 2. The maximum absolute atomic E-state index is 13.4. The molecule has 39 heavy (non-hydrogen) atoms. The van der Waals surface area contributed by atoms with Gasteiger partial charge in [0.2, 0.25) is 0 Å². The Hall–Kier alpha value is -3.84. The molecule has 1 N–H and O–H groups in total. The third kappa shape index (κ3) is 6.42. The summed E-state index contributed by atoms with van der Waals surface area (Å²) < 4.78 is 13.3. The number of aromatic nitrogens is 2. The van der Waals surface area contributed by atoms with Crippen molar-refractivity contribution in [3.8, 4) is 11.3 Å². The minimum Gasteiger partial charge on any atom is -0.481 e. The number of aryl methyl sites for hydroxylation is 1. The molecule has 2 heterocycles. The zero-order valence-electron chi connectivity index (χ0n) is 21.4. The van der Waals surface area contributed by atoms with Gasteiger partial charge in [-0.05, 0) is 86.1 Å². The number of carboxylic acids is 1. The third-order valence-corrected chi connectivity index (χ3v) is 7.53. The van der Waals surface area contributed by atoms with Crippen LogP contribution in [-0.4, -0.2) is 44.9 Å². The Morgan fingerprint density at radius 3 is 2.33 bits per heavy atom. The molecular formula is C31H29ClFN3O3. The molecule has 0 bridgehead atoms. The number of likely N-dealkylation sites (tertiary alicyclic amines) is 1. The Balaban J connectivity index is 1.36. The standard InChI is InChI=1S/C31H29ClFN3O3/c32-24-10-5-22(6-11-24)30-27(3-1-2-4-29(37)38)34-28-19-23(9-14-26(28)35-30)31(39)36-17-15-21(16-18-36)20-7-12-25(33)13-8-20/h5-14,19,21H,1-4,15-18H2,(H,37,38). The number of carbonyl (C=O) groups excluding carboxylic acids is 1. The highest BCUT2D eigenvalue weighted by molar-refractivity contribution is 6.30. The van der Waals surface area contributed by atoms with Crippen LogP contribution in [0.25, 0.3) is 22.3 Å². The Labute approximate surface area is 231 Å². The second-order valence-corrected chi connectivity index (χ2v) is 10.4. The van der Waals surface area contributed by atoms with Crippen LogP contribution in [0.3, 0.4) is 0 Å². The summed E-state index contributed by atoms with van der Waals surface area (Å²) in [5.74, 6) is -0.787. The summed E-state index contributed by atoms with van der Waals surface area (Å²) in [7, 11) is 0. The number of nitrogens with zero attached hydrogens (tertiary/aromatic N) is 3. The molecule has 6 nitrogen and oxygen atoms in total. The first-order valence-electron chi connectivity index (χ1n) is 13.2.